The minimum absolute atomic E-state index is 0.0976. The van der Waals surface area contributed by atoms with Crippen molar-refractivity contribution in [3.05, 3.63) is 40.7 Å². The number of fused-ring (bicyclic) bond motifs is 1. The summed E-state index contributed by atoms with van der Waals surface area (Å²) in [6, 6.07) is 5.51. The average molecular weight is 272 g/mol. The Morgan fingerprint density at radius 3 is 3.00 bits per heavy atom. The lowest BCUT2D eigenvalue weighted by Crippen LogP contribution is -2.38. The summed E-state index contributed by atoms with van der Waals surface area (Å²) in [6.07, 6.45) is 5.47. The van der Waals surface area contributed by atoms with Gasteiger partial charge in [0.2, 0.25) is 0 Å². The van der Waals surface area contributed by atoms with Crippen LogP contribution < -0.4 is 10.6 Å². The van der Waals surface area contributed by atoms with Crippen molar-refractivity contribution < 1.29 is 4.92 Å². The maximum Gasteiger partial charge on any atom is 0.278 e. The van der Waals surface area contributed by atoms with Crippen molar-refractivity contribution in [3.8, 4) is 0 Å². The van der Waals surface area contributed by atoms with Gasteiger partial charge < -0.3 is 10.6 Å². The summed E-state index contributed by atoms with van der Waals surface area (Å²) in [5, 5.41) is 19.3. The number of non-ortho nitro benzene ring substituents is 1. The number of rotatable bonds is 3. The summed E-state index contributed by atoms with van der Waals surface area (Å²) in [5.74, 6) is 0. The van der Waals surface area contributed by atoms with E-state index >= 15 is 0 Å². The van der Waals surface area contributed by atoms with Crippen molar-refractivity contribution in [2.75, 3.05) is 18.4 Å². The Kier molecular flexibility index (Phi) is 3.47. The monoisotopic (exact) mass is 272 g/mol. The van der Waals surface area contributed by atoms with Gasteiger partial charge in [-0.2, -0.15) is 0 Å². The second-order valence-electron chi connectivity index (χ2n) is 5.00. The summed E-state index contributed by atoms with van der Waals surface area (Å²) < 4.78 is 0. The lowest BCUT2D eigenvalue weighted by molar-refractivity contribution is -0.383. The quantitative estimate of drug-likeness (QED) is 0.662. The standard InChI is InChI=1S/C14H16N4O2/c19-18(20)14-4-3-13(11-5-7-16-9-12(11)14)17-10-2-1-6-15-8-10/h3-5,7,9-10,15,17H,1-2,6,8H2. The fourth-order valence-corrected chi connectivity index (χ4v) is 2.66. The van der Waals surface area contributed by atoms with Gasteiger partial charge in [-0.1, -0.05) is 0 Å². The highest BCUT2D eigenvalue weighted by Crippen LogP contribution is 2.31. The molecule has 3 rings (SSSR count). The number of anilines is 1. The molecule has 6 nitrogen and oxygen atoms in total. The molecule has 2 N–H and O–H groups in total. The second-order valence-corrected chi connectivity index (χ2v) is 5.00. The molecule has 0 spiro atoms. The molecule has 1 saturated heterocycles. The van der Waals surface area contributed by atoms with E-state index in [2.05, 4.69) is 15.6 Å². The molecular weight excluding hydrogens is 256 g/mol. The fraction of sp³-hybridized carbons (Fsp3) is 0.357. The first-order valence-corrected chi connectivity index (χ1v) is 6.74. The third kappa shape index (κ3) is 2.42. The highest BCUT2D eigenvalue weighted by atomic mass is 16.6. The van der Waals surface area contributed by atoms with Gasteiger partial charge in [-0.25, -0.2) is 0 Å². The lowest BCUT2D eigenvalue weighted by atomic mass is 10.1. The van der Waals surface area contributed by atoms with E-state index in [1.54, 1.807) is 24.5 Å². The van der Waals surface area contributed by atoms with Crippen molar-refractivity contribution in [2.45, 2.75) is 18.9 Å². The van der Waals surface area contributed by atoms with E-state index in [4.69, 9.17) is 0 Å². The van der Waals surface area contributed by atoms with Gasteiger partial charge in [-0.15, -0.1) is 0 Å². The number of nitrogens with one attached hydrogen (secondary N) is 2. The van der Waals surface area contributed by atoms with Crippen molar-refractivity contribution >= 4 is 22.1 Å². The third-order valence-corrected chi connectivity index (χ3v) is 3.65. The molecule has 1 aromatic carbocycles. The molecule has 1 aliphatic rings. The van der Waals surface area contributed by atoms with E-state index in [1.165, 1.54) is 0 Å². The number of nitro groups is 1. The zero-order valence-corrected chi connectivity index (χ0v) is 11.0. The Morgan fingerprint density at radius 1 is 1.35 bits per heavy atom. The average Bonchev–Trinajstić information content (AvgIpc) is 2.48. The Morgan fingerprint density at radius 2 is 2.25 bits per heavy atom. The number of piperidine rings is 1. The molecule has 0 radical (unpaired) electrons. The van der Waals surface area contributed by atoms with Crippen LogP contribution in [-0.2, 0) is 0 Å². The van der Waals surface area contributed by atoms with Crippen LogP contribution in [0.3, 0.4) is 0 Å². The van der Waals surface area contributed by atoms with Crippen molar-refractivity contribution in [1.82, 2.24) is 10.3 Å². The van der Waals surface area contributed by atoms with E-state index in [-0.39, 0.29) is 10.6 Å². The molecule has 0 amide bonds. The van der Waals surface area contributed by atoms with Gasteiger partial charge in [0.15, 0.2) is 0 Å². The zero-order valence-electron chi connectivity index (χ0n) is 11.0. The van der Waals surface area contributed by atoms with E-state index in [1.807, 2.05) is 6.07 Å². The van der Waals surface area contributed by atoms with Crippen LogP contribution >= 0.6 is 0 Å². The SMILES string of the molecule is O=[N+]([O-])c1ccc(NC2CCCNC2)c2ccncc12. The molecule has 2 aromatic rings. The third-order valence-electron chi connectivity index (χ3n) is 3.65. The molecule has 1 aromatic heterocycles. The van der Waals surface area contributed by atoms with Crippen molar-refractivity contribution in [2.24, 2.45) is 0 Å². The van der Waals surface area contributed by atoms with Crippen molar-refractivity contribution in [1.29, 1.82) is 0 Å². The van der Waals surface area contributed by atoms with Crippen LogP contribution in [0.4, 0.5) is 11.4 Å². The second kappa shape index (κ2) is 5.42. The van der Waals surface area contributed by atoms with Crippen LogP contribution in [0, 0.1) is 10.1 Å². The molecule has 1 atom stereocenters. The van der Waals surface area contributed by atoms with Crippen LogP contribution in [0.2, 0.25) is 0 Å². The normalized spacial score (nSPS) is 18.9. The first-order valence-electron chi connectivity index (χ1n) is 6.74. The lowest BCUT2D eigenvalue weighted by Gasteiger charge is -2.25. The smallest absolute Gasteiger partial charge is 0.278 e. The Labute approximate surface area is 116 Å². The van der Waals surface area contributed by atoms with Gasteiger partial charge in [0.05, 0.1) is 10.3 Å². The number of pyridine rings is 1. The highest BCUT2D eigenvalue weighted by molar-refractivity contribution is 5.99. The summed E-state index contributed by atoms with van der Waals surface area (Å²) >= 11 is 0. The van der Waals surface area contributed by atoms with Crippen LogP contribution in [0.1, 0.15) is 12.8 Å². The molecule has 1 aliphatic heterocycles. The predicted octanol–water partition coefficient (Wildman–Crippen LogP) is 2.31. The zero-order chi connectivity index (χ0) is 13.9. The van der Waals surface area contributed by atoms with Crippen LogP contribution in [0.15, 0.2) is 30.6 Å². The van der Waals surface area contributed by atoms with E-state index < -0.39 is 0 Å². The predicted molar refractivity (Wildman–Crippen MR) is 77.9 cm³/mol. The minimum atomic E-state index is -0.365. The van der Waals surface area contributed by atoms with Gasteiger partial charge in [0, 0.05) is 42.1 Å². The molecule has 104 valence electrons. The van der Waals surface area contributed by atoms with Gasteiger partial charge in [-0.3, -0.25) is 15.1 Å². The number of nitro benzene ring substituents is 1. The Bertz CT molecular complexity index is 638. The molecule has 0 bridgehead atoms. The van der Waals surface area contributed by atoms with Gasteiger partial charge in [-0.05, 0) is 31.5 Å². The molecule has 6 heteroatoms. The number of hydrogen-bond acceptors (Lipinski definition) is 5. The number of aromatic nitrogens is 1. The highest BCUT2D eigenvalue weighted by Gasteiger charge is 2.17. The van der Waals surface area contributed by atoms with Gasteiger partial charge in [0.1, 0.15) is 0 Å². The Balaban J connectivity index is 1.99. The van der Waals surface area contributed by atoms with E-state index in [9.17, 15) is 10.1 Å². The molecule has 1 fully saturated rings. The topological polar surface area (TPSA) is 80.1 Å². The van der Waals surface area contributed by atoms with Crippen LogP contribution in [0.25, 0.3) is 10.8 Å². The number of nitrogens with zero attached hydrogens (tertiary/aromatic N) is 2. The first-order chi connectivity index (χ1) is 9.75. The minimum Gasteiger partial charge on any atom is -0.381 e. The maximum absolute atomic E-state index is 11.1. The molecular formula is C14H16N4O2. The molecule has 2 heterocycles. The molecule has 20 heavy (non-hydrogen) atoms. The Hall–Kier alpha value is -2.21. The van der Waals surface area contributed by atoms with Gasteiger partial charge >= 0.3 is 0 Å². The van der Waals surface area contributed by atoms with E-state index in [0.717, 1.165) is 37.0 Å². The summed E-state index contributed by atoms with van der Waals surface area (Å²) in [6.45, 7) is 1.98. The number of hydrogen-bond donors (Lipinski definition) is 2. The van der Waals surface area contributed by atoms with E-state index in [0.29, 0.717) is 11.4 Å². The fourth-order valence-electron chi connectivity index (χ4n) is 2.66. The maximum atomic E-state index is 11.1. The summed E-state index contributed by atoms with van der Waals surface area (Å²) in [4.78, 5) is 14.7. The summed E-state index contributed by atoms with van der Waals surface area (Å²) in [7, 11) is 0. The summed E-state index contributed by atoms with van der Waals surface area (Å²) in [5.41, 5.74) is 1.03. The molecule has 0 aliphatic carbocycles. The largest absolute Gasteiger partial charge is 0.381 e. The molecule has 1 unspecified atom stereocenters. The van der Waals surface area contributed by atoms with Crippen molar-refractivity contribution in [3.63, 3.8) is 0 Å². The molecule has 0 saturated carbocycles. The first kappa shape index (κ1) is 12.8. The number of benzene rings is 1. The van der Waals surface area contributed by atoms with Gasteiger partial charge in [0.25, 0.3) is 5.69 Å². The van der Waals surface area contributed by atoms with Crippen LogP contribution in [0.5, 0.6) is 0 Å². The van der Waals surface area contributed by atoms with Crippen LogP contribution in [-0.4, -0.2) is 29.0 Å².